The molecule has 0 aromatic carbocycles. The van der Waals surface area contributed by atoms with E-state index < -0.39 is 0 Å². The lowest BCUT2D eigenvalue weighted by atomic mass is 9.95. The van der Waals surface area contributed by atoms with Crippen LogP contribution in [0.3, 0.4) is 0 Å². The van der Waals surface area contributed by atoms with Gasteiger partial charge in [0, 0.05) is 48.9 Å². The number of aromatic nitrogens is 6. The molecule has 258 valence electrons. The molecular weight excluding hydrogens is 653 g/mol. The molecule has 8 rings (SSSR count). The molecule has 2 aliphatic rings. The van der Waals surface area contributed by atoms with Gasteiger partial charge in [0.25, 0.3) is 11.1 Å². The second-order valence-electron chi connectivity index (χ2n) is 13.3. The van der Waals surface area contributed by atoms with Crippen molar-refractivity contribution in [2.24, 2.45) is 0 Å². The number of thiophene rings is 2. The van der Waals surface area contributed by atoms with Crippen LogP contribution in [-0.4, -0.2) is 42.2 Å². The molecule has 0 aliphatic heterocycles. The number of hydrogen-bond donors (Lipinski definition) is 2. The summed E-state index contributed by atoms with van der Waals surface area (Å²) < 4.78 is 5.19. The van der Waals surface area contributed by atoms with Crippen molar-refractivity contribution in [3.63, 3.8) is 0 Å². The molecule has 0 radical (unpaired) electrons. The maximum absolute atomic E-state index is 13.1. The van der Waals surface area contributed by atoms with E-state index in [9.17, 15) is 9.59 Å². The quantitative estimate of drug-likeness (QED) is 0.144. The molecule has 0 bridgehead atoms. The molecule has 10 nitrogen and oxygen atoms in total. The van der Waals surface area contributed by atoms with Gasteiger partial charge < -0.3 is 10.6 Å². The normalized spacial score (nSPS) is 16.0. The third-order valence-electron chi connectivity index (χ3n) is 9.96. The van der Waals surface area contributed by atoms with E-state index >= 15 is 0 Å². The van der Waals surface area contributed by atoms with Gasteiger partial charge in [0.05, 0.1) is 34.5 Å². The van der Waals surface area contributed by atoms with Gasteiger partial charge in [0.1, 0.15) is 19.1 Å². The number of hydrogen-bond acceptors (Lipinski definition) is 10. The summed E-state index contributed by atoms with van der Waals surface area (Å²) in [5.41, 5.74) is 3.83. The minimum atomic E-state index is 0.0938. The number of anilines is 2. The van der Waals surface area contributed by atoms with E-state index in [2.05, 4.69) is 44.4 Å². The lowest BCUT2D eigenvalue weighted by molar-refractivity contribution is 0.345. The summed E-state index contributed by atoms with van der Waals surface area (Å²) in [6.45, 7) is 6.14. The Morgan fingerprint density at radius 3 is 1.57 bits per heavy atom. The number of nitrogens with one attached hydrogen (secondary N) is 2. The van der Waals surface area contributed by atoms with Gasteiger partial charge in [-0.1, -0.05) is 58.8 Å². The zero-order valence-electron chi connectivity index (χ0n) is 28.5. The van der Waals surface area contributed by atoms with Crippen molar-refractivity contribution >= 4 is 74.9 Å². The fourth-order valence-corrected chi connectivity index (χ4v) is 9.44. The minimum absolute atomic E-state index is 0.0938. The number of nitrogens with zero attached hydrogens (tertiary/aromatic N) is 6. The van der Waals surface area contributed by atoms with E-state index in [-0.39, 0.29) is 11.1 Å². The van der Waals surface area contributed by atoms with Crippen LogP contribution in [0, 0.1) is 0 Å². The molecule has 0 spiro atoms. The van der Waals surface area contributed by atoms with Gasteiger partial charge in [0.15, 0.2) is 0 Å². The van der Waals surface area contributed by atoms with Crippen LogP contribution in [-0.2, 0) is 0 Å². The summed E-state index contributed by atoms with van der Waals surface area (Å²) in [5.74, 6) is 0. The van der Waals surface area contributed by atoms with Crippen molar-refractivity contribution in [1.29, 1.82) is 0 Å². The van der Waals surface area contributed by atoms with Crippen LogP contribution in [0.4, 0.5) is 11.4 Å². The van der Waals surface area contributed by atoms with Crippen LogP contribution in [0.5, 0.6) is 0 Å². The summed E-state index contributed by atoms with van der Waals surface area (Å²) in [4.78, 5) is 46.1. The van der Waals surface area contributed by atoms with E-state index in [1.54, 1.807) is 18.9 Å². The number of fused-ring (bicyclic) bond motifs is 6. The Hall–Kier alpha value is -3.90. The van der Waals surface area contributed by atoms with Gasteiger partial charge in [-0.2, -0.15) is 0 Å². The molecule has 6 aromatic rings. The maximum atomic E-state index is 13.1. The molecule has 6 heterocycles. The van der Waals surface area contributed by atoms with Crippen molar-refractivity contribution in [2.45, 2.75) is 109 Å². The number of unbranched alkanes of at least 4 members (excludes halogenated alkanes) is 1. The van der Waals surface area contributed by atoms with Gasteiger partial charge in [-0.15, -0.1) is 22.7 Å². The van der Waals surface area contributed by atoms with E-state index in [0.29, 0.717) is 12.1 Å². The van der Waals surface area contributed by atoms with Gasteiger partial charge in [-0.25, -0.2) is 19.9 Å². The van der Waals surface area contributed by atoms with Crippen molar-refractivity contribution in [1.82, 2.24) is 29.1 Å². The highest BCUT2D eigenvalue weighted by Gasteiger charge is 2.22. The van der Waals surface area contributed by atoms with Gasteiger partial charge in [-0.05, 0) is 50.7 Å². The molecule has 49 heavy (non-hydrogen) atoms. The molecule has 0 atom stereocenters. The number of pyridine rings is 2. The van der Waals surface area contributed by atoms with Gasteiger partial charge in [0.2, 0.25) is 0 Å². The Bertz CT molecular complexity index is 2170. The average molecular weight is 699 g/mol. The second kappa shape index (κ2) is 15.3. The number of rotatable bonds is 9. The van der Waals surface area contributed by atoms with Crippen molar-refractivity contribution < 1.29 is 0 Å². The molecule has 0 saturated heterocycles. The zero-order valence-corrected chi connectivity index (χ0v) is 30.2. The molecule has 2 N–H and O–H groups in total. The molecule has 2 aliphatic carbocycles. The largest absolute Gasteiger partial charge is 0.384 e. The highest BCUT2D eigenvalue weighted by molar-refractivity contribution is 7.25. The lowest BCUT2D eigenvalue weighted by Crippen LogP contribution is -2.26. The van der Waals surface area contributed by atoms with E-state index in [4.69, 9.17) is 0 Å². The third-order valence-corrected chi connectivity index (χ3v) is 12.1. The predicted molar refractivity (Wildman–Crippen MR) is 205 cm³/mol. The molecule has 12 heteroatoms. The molecule has 6 aromatic heterocycles. The van der Waals surface area contributed by atoms with Crippen molar-refractivity contribution in [3.8, 4) is 0 Å². The maximum Gasteiger partial charge on any atom is 0.271 e. The first-order chi connectivity index (χ1) is 24.1. The van der Waals surface area contributed by atoms with E-state index in [0.717, 1.165) is 110 Å². The van der Waals surface area contributed by atoms with Crippen molar-refractivity contribution in [3.05, 3.63) is 57.9 Å². The van der Waals surface area contributed by atoms with Crippen LogP contribution in [0.1, 0.15) is 109 Å². The summed E-state index contributed by atoms with van der Waals surface area (Å²) in [7, 11) is 0. The average Bonchev–Trinajstić information content (AvgIpc) is 3.73. The Morgan fingerprint density at radius 1 is 0.653 bits per heavy atom. The topological polar surface area (TPSA) is 120 Å². The standard InChI is InChI=1S/C19H24N4OS.C18H22N4OS/c1-2-3-10-20-14-9-11-21-18-15(14)16-17(25-18)19(24)23(12-22-16)13-7-5-4-6-8-13;1-2-9-19-13-8-10-20-17-14(13)15-16(24-17)18(23)22(11-21-15)12-6-4-3-5-7-12/h9,11-13H,2-8,10H2,1H3,(H,20,21);8,10-12H,2-7,9H2,1H3,(H,19,20). The monoisotopic (exact) mass is 698 g/mol. The van der Waals surface area contributed by atoms with Crippen LogP contribution < -0.4 is 21.8 Å². The molecule has 0 unspecified atom stereocenters. The van der Waals surface area contributed by atoms with E-state index in [1.807, 2.05) is 27.5 Å². The highest BCUT2D eigenvalue weighted by atomic mass is 32.1. The summed E-state index contributed by atoms with van der Waals surface area (Å²) in [6, 6.07) is 4.56. The summed E-state index contributed by atoms with van der Waals surface area (Å²) >= 11 is 2.94. The Balaban J connectivity index is 0.000000154. The molecule has 0 amide bonds. The Kier molecular flexibility index (Phi) is 10.5. The van der Waals surface area contributed by atoms with Crippen LogP contribution in [0.2, 0.25) is 0 Å². The van der Waals surface area contributed by atoms with Gasteiger partial charge in [-0.3, -0.25) is 18.7 Å². The second-order valence-corrected chi connectivity index (χ2v) is 15.3. The first-order valence-electron chi connectivity index (χ1n) is 18.1. The van der Waals surface area contributed by atoms with Crippen LogP contribution in [0.15, 0.2) is 46.8 Å². The SMILES string of the molecule is CCCCNc1ccnc2sc3c(=O)n(C4CCCCC4)cnc3c12.CCCNc1ccnc2sc3c(=O)n(C4CCCCC4)cnc3c12. The lowest BCUT2D eigenvalue weighted by Gasteiger charge is -2.23. The Morgan fingerprint density at radius 2 is 1.12 bits per heavy atom. The first-order valence-corrected chi connectivity index (χ1v) is 19.8. The summed E-state index contributed by atoms with van der Waals surface area (Å²) in [5, 5.41) is 8.89. The van der Waals surface area contributed by atoms with Crippen LogP contribution >= 0.6 is 22.7 Å². The van der Waals surface area contributed by atoms with Crippen molar-refractivity contribution in [2.75, 3.05) is 23.7 Å². The summed E-state index contributed by atoms with van der Waals surface area (Å²) in [6.07, 6.45) is 22.1. The predicted octanol–water partition coefficient (Wildman–Crippen LogP) is 9.06. The van der Waals surface area contributed by atoms with Crippen LogP contribution in [0.25, 0.3) is 40.9 Å². The smallest absolute Gasteiger partial charge is 0.271 e. The van der Waals surface area contributed by atoms with E-state index in [1.165, 1.54) is 61.2 Å². The third kappa shape index (κ3) is 6.81. The molecular formula is C37H46N8O2S2. The molecule has 2 saturated carbocycles. The zero-order chi connectivity index (χ0) is 33.7. The van der Waals surface area contributed by atoms with Gasteiger partial charge >= 0.3 is 0 Å². The molecule has 2 fully saturated rings. The minimum Gasteiger partial charge on any atom is -0.384 e. The fourth-order valence-electron chi connectivity index (χ4n) is 7.32. The Labute approximate surface area is 294 Å². The highest BCUT2D eigenvalue weighted by Crippen LogP contribution is 2.36. The fraction of sp³-hybridized carbons (Fsp3) is 0.514. The first kappa shape index (κ1) is 33.6.